The third kappa shape index (κ3) is 8.45. The molecule has 0 N–H and O–H groups in total. The van der Waals surface area contributed by atoms with Crippen LogP contribution in [0.3, 0.4) is 0 Å². The molecule has 0 saturated carbocycles. The van der Waals surface area contributed by atoms with Crippen LogP contribution in [0.4, 0.5) is 0 Å². The molecule has 1 aromatic heterocycles. The molecule has 0 unspecified atom stereocenters. The Morgan fingerprint density at radius 2 is 1.26 bits per heavy atom. The molecule has 0 aliphatic heterocycles. The standard InChI is InChI=1S/C15H19N.3CO.Cr/c1-12(14-8-5-4-6-9-14)13(2)15-10-7-11-16(15)3;3*1-2;/h4-13H,1-3H3;;;;/t12-,13+;;;;/m0..../s1. The van der Waals surface area contributed by atoms with Gasteiger partial charge in [0.2, 0.25) is 0 Å². The first-order valence-electron chi connectivity index (χ1n) is 6.47. The first kappa shape index (κ1) is 26.2. The summed E-state index contributed by atoms with van der Waals surface area (Å²) in [6.07, 6.45) is 2.11. The van der Waals surface area contributed by atoms with Crippen LogP contribution in [0, 0.1) is 20.0 Å². The van der Waals surface area contributed by atoms with Gasteiger partial charge in [0.25, 0.3) is 0 Å². The molecule has 1 aromatic carbocycles. The number of benzene rings is 1. The minimum absolute atomic E-state index is 0. The number of aryl methyl sites for hydroxylation is 1. The van der Waals surface area contributed by atoms with Gasteiger partial charge in [-0.15, -0.1) is 0 Å². The second-order valence-corrected chi connectivity index (χ2v) is 4.53. The summed E-state index contributed by atoms with van der Waals surface area (Å²) in [7, 11) is 2.11. The van der Waals surface area contributed by atoms with Crippen LogP contribution in [-0.2, 0) is 38.4 Å². The fraction of sp³-hybridized carbons (Fsp3) is 0.278. The van der Waals surface area contributed by atoms with Gasteiger partial charge in [-0.25, -0.2) is 0 Å². The van der Waals surface area contributed by atoms with E-state index in [1.807, 2.05) is 0 Å². The first-order valence-corrected chi connectivity index (χ1v) is 6.47. The molecule has 0 saturated heterocycles. The van der Waals surface area contributed by atoms with Crippen molar-refractivity contribution in [3.05, 3.63) is 79.9 Å². The Labute approximate surface area is 148 Å². The molecular formula is C18H19CrNO3. The quantitative estimate of drug-likeness (QED) is 0.597. The molecule has 2 aromatic rings. The molecule has 2 rings (SSSR count). The van der Waals surface area contributed by atoms with Crippen molar-refractivity contribution in [3.8, 4) is 0 Å². The molecule has 0 bridgehead atoms. The maximum atomic E-state index is 7.50. The van der Waals surface area contributed by atoms with Crippen LogP contribution in [0.1, 0.15) is 36.9 Å². The van der Waals surface area contributed by atoms with Gasteiger partial charge in [0, 0.05) is 42.2 Å². The number of rotatable bonds is 3. The summed E-state index contributed by atoms with van der Waals surface area (Å²) in [6, 6.07) is 15.1. The van der Waals surface area contributed by atoms with Crippen molar-refractivity contribution in [1.29, 1.82) is 0 Å². The largest absolute Gasteiger partial charge is 0 e. The van der Waals surface area contributed by atoms with E-state index in [0.717, 1.165) is 0 Å². The maximum absolute atomic E-state index is 7.50. The van der Waals surface area contributed by atoms with E-state index in [1.54, 1.807) is 0 Å². The van der Waals surface area contributed by atoms with Gasteiger partial charge in [-0.2, -0.15) is 0 Å². The van der Waals surface area contributed by atoms with E-state index in [1.165, 1.54) is 11.3 Å². The fourth-order valence-corrected chi connectivity index (χ4v) is 2.25. The Hall–Kier alpha value is -1.75. The van der Waals surface area contributed by atoms with Crippen molar-refractivity contribution in [2.75, 3.05) is 0 Å². The average Bonchev–Trinajstić information content (AvgIpc) is 3.05. The Balaban J connectivity index is -0.000000514. The van der Waals surface area contributed by atoms with Crippen molar-refractivity contribution in [1.82, 2.24) is 4.57 Å². The predicted molar refractivity (Wildman–Crippen MR) is 80.5 cm³/mol. The summed E-state index contributed by atoms with van der Waals surface area (Å²) in [5.74, 6) is 1.09. The van der Waals surface area contributed by atoms with Crippen LogP contribution in [0.2, 0.25) is 0 Å². The summed E-state index contributed by atoms with van der Waals surface area (Å²) in [4.78, 5) is 0. The molecule has 0 spiro atoms. The Morgan fingerprint density at radius 1 is 0.783 bits per heavy atom. The predicted octanol–water partition coefficient (Wildman–Crippen LogP) is 3.82. The Bertz CT molecular complexity index is 558. The molecule has 23 heavy (non-hydrogen) atoms. The van der Waals surface area contributed by atoms with Crippen LogP contribution in [-0.4, -0.2) is 4.57 Å². The number of hydrogen-bond acceptors (Lipinski definition) is 0. The van der Waals surface area contributed by atoms with E-state index in [2.05, 4.69) is 94.1 Å². The molecule has 0 fully saturated rings. The smallest absolute Gasteiger partial charge is 0 e. The zero-order chi connectivity index (χ0) is 17.5. The maximum Gasteiger partial charge on any atom is 0 e. The van der Waals surface area contributed by atoms with Gasteiger partial charge in [-0.1, -0.05) is 44.2 Å². The molecule has 0 radical (unpaired) electrons. The van der Waals surface area contributed by atoms with Crippen LogP contribution < -0.4 is 0 Å². The SMILES string of the molecule is C[C@H](c1ccccc1)[C@@H](C)c1cccn1C.[C-]#[O+].[C-]#[O+].[C-]#[O+].[Cr]. The molecule has 120 valence electrons. The molecule has 5 heteroatoms. The molecule has 0 amide bonds. The van der Waals surface area contributed by atoms with E-state index in [4.69, 9.17) is 14.0 Å². The second kappa shape index (κ2) is 16.6. The van der Waals surface area contributed by atoms with Gasteiger partial charge in [-0.05, 0) is 23.6 Å². The molecule has 0 aliphatic rings. The Kier molecular flexibility index (Phi) is 18.9. The number of hydrogen-bond donors (Lipinski definition) is 0. The molecule has 0 aliphatic carbocycles. The molecule has 2 atom stereocenters. The van der Waals surface area contributed by atoms with Crippen molar-refractivity contribution in [3.63, 3.8) is 0 Å². The summed E-state index contributed by atoms with van der Waals surface area (Å²) in [6.45, 7) is 18.1. The van der Waals surface area contributed by atoms with Crippen LogP contribution in [0.25, 0.3) is 0 Å². The first-order chi connectivity index (χ1) is 10.7. The summed E-state index contributed by atoms with van der Waals surface area (Å²) in [5, 5.41) is 0. The summed E-state index contributed by atoms with van der Waals surface area (Å²) in [5.41, 5.74) is 2.81. The third-order valence-corrected chi connectivity index (χ3v) is 3.53. The minimum atomic E-state index is 0. The van der Waals surface area contributed by atoms with E-state index < -0.39 is 0 Å². The van der Waals surface area contributed by atoms with Gasteiger partial charge in [0.15, 0.2) is 0 Å². The average molecular weight is 349 g/mol. The number of nitrogens with zero attached hydrogens (tertiary/aromatic N) is 1. The number of aromatic nitrogens is 1. The molecule has 1 heterocycles. The zero-order valence-electron chi connectivity index (χ0n) is 13.4. The third-order valence-electron chi connectivity index (χ3n) is 3.53. The van der Waals surface area contributed by atoms with Crippen molar-refractivity contribution < 1.29 is 31.3 Å². The van der Waals surface area contributed by atoms with Crippen LogP contribution in [0.5, 0.6) is 0 Å². The van der Waals surface area contributed by atoms with Crippen molar-refractivity contribution in [2.24, 2.45) is 7.05 Å². The fourth-order valence-electron chi connectivity index (χ4n) is 2.25. The topological polar surface area (TPSA) is 64.6 Å². The van der Waals surface area contributed by atoms with Gasteiger partial charge < -0.3 is 4.57 Å². The summed E-state index contributed by atoms with van der Waals surface area (Å²) >= 11 is 0. The zero-order valence-corrected chi connectivity index (χ0v) is 14.6. The van der Waals surface area contributed by atoms with Gasteiger partial charge >= 0.3 is 33.9 Å². The normalized spacial score (nSPS) is 10.5. The second-order valence-electron chi connectivity index (χ2n) is 4.53. The van der Waals surface area contributed by atoms with Gasteiger partial charge in [-0.3, -0.25) is 0 Å². The van der Waals surface area contributed by atoms with Crippen molar-refractivity contribution in [2.45, 2.75) is 25.7 Å². The Morgan fingerprint density at radius 3 is 1.65 bits per heavy atom. The van der Waals surface area contributed by atoms with E-state index in [0.29, 0.717) is 11.8 Å². The van der Waals surface area contributed by atoms with E-state index >= 15 is 0 Å². The van der Waals surface area contributed by atoms with Crippen LogP contribution >= 0.6 is 0 Å². The summed E-state index contributed by atoms with van der Waals surface area (Å²) < 4.78 is 24.7. The van der Waals surface area contributed by atoms with Crippen molar-refractivity contribution >= 4 is 0 Å². The molecular weight excluding hydrogens is 330 g/mol. The molecule has 4 nitrogen and oxygen atoms in total. The van der Waals surface area contributed by atoms with Crippen LogP contribution in [0.15, 0.2) is 48.7 Å². The van der Waals surface area contributed by atoms with Gasteiger partial charge in [0.05, 0.1) is 0 Å². The monoisotopic (exact) mass is 349 g/mol. The minimum Gasteiger partial charge on any atom is 0 e. The van der Waals surface area contributed by atoms with E-state index in [-0.39, 0.29) is 17.4 Å². The van der Waals surface area contributed by atoms with E-state index in [9.17, 15) is 0 Å². The van der Waals surface area contributed by atoms with Gasteiger partial charge in [0.1, 0.15) is 0 Å².